The molecule has 1 saturated carbocycles. The number of nitrogens with zero attached hydrogens (tertiary/aromatic N) is 2. The van der Waals surface area contributed by atoms with E-state index < -0.39 is 0 Å². The van der Waals surface area contributed by atoms with E-state index in [0.717, 1.165) is 25.9 Å². The predicted molar refractivity (Wildman–Crippen MR) is 80.7 cm³/mol. The van der Waals surface area contributed by atoms with Crippen LogP contribution in [0.15, 0.2) is 24.3 Å². The van der Waals surface area contributed by atoms with Gasteiger partial charge >= 0.3 is 0 Å². The van der Waals surface area contributed by atoms with Crippen molar-refractivity contribution in [2.24, 2.45) is 5.41 Å². The van der Waals surface area contributed by atoms with Crippen LogP contribution in [0, 0.1) is 11.2 Å². The highest BCUT2D eigenvalue weighted by molar-refractivity contribution is 5.94. The molecule has 1 spiro atoms. The number of likely N-dealkylation sites (tertiary alicyclic amines) is 1. The molecule has 2 fully saturated rings. The average molecular weight is 290 g/mol. The maximum absolute atomic E-state index is 13.2. The lowest BCUT2D eigenvalue weighted by Gasteiger charge is -2.54. The first-order chi connectivity index (χ1) is 9.99. The Morgan fingerprint density at radius 1 is 1.29 bits per heavy atom. The number of rotatable bonds is 2. The van der Waals surface area contributed by atoms with E-state index in [4.69, 9.17) is 0 Å². The van der Waals surface area contributed by atoms with Crippen LogP contribution in [0.3, 0.4) is 0 Å². The Morgan fingerprint density at radius 2 is 1.95 bits per heavy atom. The van der Waals surface area contributed by atoms with Crippen molar-refractivity contribution >= 4 is 5.91 Å². The quantitative estimate of drug-likeness (QED) is 0.836. The summed E-state index contributed by atoms with van der Waals surface area (Å²) >= 11 is 0. The van der Waals surface area contributed by atoms with Crippen LogP contribution in [-0.2, 0) is 0 Å². The Morgan fingerprint density at radius 3 is 2.52 bits per heavy atom. The second-order valence-corrected chi connectivity index (χ2v) is 6.83. The van der Waals surface area contributed by atoms with Crippen molar-refractivity contribution < 1.29 is 9.18 Å². The zero-order valence-corrected chi connectivity index (χ0v) is 12.8. The summed E-state index contributed by atoms with van der Waals surface area (Å²) in [7, 11) is 4.28. The first-order valence-electron chi connectivity index (χ1n) is 7.70. The molecule has 1 saturated heterocycles. The Balaban J connectivity index is 1.58. The third-order valence-corrected chi connectivity index (χ3v) is 5.25. The van der Waals surface area contributed by atoms with Crippen molar-refractivity contribution in [3.8, 4) is 0 Å². The highest BCUT2D eigenvalue weighted by Crippen LogP contribution is 2.50. The second-order valence-electron chi connectivity index (χ2n) is 6.83. The third kappa shape index (κ3) is 2.82. The van der Waals surface area contributed by atoms with Gasteiger partial charge in [-0.15, -0.1) is 0 Å². The van der Waals surface area contributed by atoms with Crippen LogP contribution in [0.25, 0.3) is 0 Å². The topological polar surface area (TPSA) is 23.6 Å². The normalized spacial score (nSPS) is 21.6. The van der Waals surface area contributed by atoms with E-state index in [0.29, 0.717) is 17.0 Å². The average Bonchev–Trinajstić information content (AvgIpc) is 2.44. The van der Waals surface area contributed by atoms with Crippen molar-refractivity contribution in [1.82, 2.24) is 9.80 Å². The molecule has 4 heteroatoms. The number of amides is 1. The van der Waals surface area contributed by atoms with Crippen molar-refractivity contribution in [2.45, 2.75) is 31.7 Å². The fraction of sp³-hybridized carbons (Fsp3) is 0.588. The molecule has 21 heavy (non-hydrogen) atoms. The zero-order chi connectivity index (χ0) is 15.0. The SMILES string of the molecule is CN(C)C1CC2(CCN(C(=O)c3cccc(F)c3)CC2)C1. The van der Waals surface area contributed by atoms with Gasteiger partial charge in [0.05, 0.1) is 0 Å². The number of hydrogen-bond acceptors (Lipinski definition) is 2. The van der Waals surface area contributed by atoms with Gasteiger partial charge in [-0.2, -0.15) is 0 Å². The van der Waals surface area contributed by atoms with E-state index in [9.17, 15) is 9.18 Å². The summed E-state index contributed by atoms with van der Waals surface area (Å²) in [6, 6.07) is 6.70. The summed E-state index contributed by atoms with van der Waals surface area (Å²) in [6.45, 7) is 1.60. The molecule has 0 unspecified atom stereocenters. The van der Waals surface area contributed by atoms with Crippen molar-refractivity contribution in [3.63, 3.8) is 0 Å². The van der Waals surface area contributed by atoms with Gasteiger partial charge in [0, 0.05) is 24.7 Å². The van der Waals surface area contributed by atoms with E-state index in [1.165, 1.54) is 25.0 Å². The number of carbonyl (C=O) groups is 1. The molecular formula is C17H23FN2O. The van der Waals surface area contributed by atoms with Crippen LogP contribution >= 0.6 is 0 Å². The largest absolute Gasteiger partial charge is 0.339 e. The number of carbonyl (C=O) groups excluding carboxylic acids is 1. The van der Waals surface area contributed by atoms with Crippen molar-refractivity contribution in [3.05, 3.63) is 35.6 Å². The minimum absolute atomic E-state index is 0.0344. The number of hydrogen-bond donors (Lipinski definition) is 0. The molecule has 0 bridgehead atoms. The standard InChI is InChI=1S/C17H23FN2O/c1-19(2)15-11-17(12-15)6-8-20(9-7-17)16(21)13-4-3-5-14(18)10-13/h3-5,10,15H,6-9,11-12H2,1-2H3. The summed E-state index contributed by atoms with van der Waals surface area (Å²) in [5, 5.41) is 0. The fourth-order valence-electron chi connectivity index (χ4n) is 3.70. The van der Waals surface area contributed by atoms with E-state index in [-0.39, 0.29) is 11.7 Å². The number of benzene rings is 1. The molecule has 3 rings (SSSR count). The predicted octanol–water partition coefficient (Wildman–Crippen LogP) is 2.77. The van der Waals surface area contributed by atoms with Gasteiger partial charge in [0.15, 0.2) is 0 Å². The van der Waals surface area contributed by atoms with Crippen LogP contribution in [0.2, 0.25) is 0 Å². The highest BCUT2D eigenvalue weighted by Gasteiger charge is 2.46. The molecule has 1 aliphatic carbocycles. The highest BCUT2D eigenvalue weighted by atomic mass is 19.1. The summed E-state index contributed by atoms with van der Waals surface area (Å²) in [5.74, 6) is -0.380. The number of halogens is 1. The summed E-state index contributed by atoms with van der Waals surface area (Å²) in [6.07, 6.45) is 4.67. The van der Waals surface area contributed by atoms with E-state index in [1.807, 2.05) is 4.90 Å². The molecular weight excluding hydrogens is 267 g/mol. The molecule has 1 amide bonds. The molecule has 114 valence electrons. The van der Waals surface area contributed by atoms with Crippen LogP contribution in [-0.4, -0.2) is 48.9 Å². The Bertz CT molecular complexity index is 527. The number of piperidine rings is 1. The molecule has 0 aromatic heterocycles. The monoisotopic (exact) mass is 290 g/mol. The molecule has 0 atom stereocenters. The van der Waals surface area contributed by atoms with Gasteiger partial charge < -0.3 is 9.80 Å². The lowest BCUT2D eigenvalue weighted by molar-refractivity contribution is -0.0231. The summed E-state index contributed by atoms with van der Waals surface area (Å²) in [4.78, 5) is 16.6. The smallest absolute Gasteiger partial charge is 0.253 e. The summed E-state index contributed by atoms with van der Waals surface area (Å²) < 4.78 is 13.2. The van der Waals surface area contributed by atoms with Crippen LogP contribution in [0.4, 0.5) is 4.39 Å². The molecule has 2 aliphatic rings. The van der Waals surface area contributed by atoms with Crippen molar-refractivity contribution in [1.29, 1.82) is 0 Å². The molecule has 0 N–H and O–H groups in total. The third-order valence-electron chi connectivity index (χ3n) is 5.25. The maximum atomic E-state index is 13.2. The van der Waals surface area contributed by atoms with Gasteiger partial charge in [0.1, 0.15) is 5.82 Å². The first-order valence-corrected chi connectivity index (χ1v) is 7.70. The maximum Gasteiger partial charge on any atom is 0.253 e. The van der Waals surface area contributed by atoms with Crippen LogP contribution in [0.1, 0.15) is 36.0 Å². The van der Waals surface area contributed by atoms with Gasteiger partial charge in [0.2, 0.25) is 0 Å². The molecule has 1 aromatic carbocycles. The molecule has 1 aromatic rings. The van der Waals surface area contributed by atoms with Crippen LogP contribution in [0.5, 0.6) is 0 Å². The summed E-state index contributed by atoms with van der Waals surface area (Å²) in [5.41, 5.74) is 0.916. The van der Waals surface area contributed by atoms with Gasteiger partial charge in [-0.05, 0) is 63.4 Å². The first kappa shape index (κ1) is 14.5. The second kappa shape index (κ2) is 5.41. The van der Waals surface area contributed by atoms with E-state index >= 15 is 0 Å². The molecule has 1 heterocycles. The van der Waals surface area contributed by atoms with Crippen molar-refractivity contribution in [2.75, 3.05) is 27.2 Å². The fourth-order valence-corrected chi connectivity index (χ4v) is 3.70. The van der Waals surface area contributed by atoms with Gasteiger partial charge in [0.25, 0.3) is 5.91 Å². The van der Waals surface area contributed by atoms with Gasteiger partial charge in [-0.25, -0.2) is 4.39 Å². The Hall–Kier alpha value is -1.42. The van der Waals surface area contributed by atoms with Gasteiger partial charge in [-0.3, -0.25) is 4.79 Å². The Kier molecular flexibility index (Phi) is 3.74. The lowest BCUT2D eigenvalue weighted by Crippen LogP contribution is -2.54. The molecule has 0 radical (unpaired) electrons. The lowest BCUT2D eigenvalue weighted by atomic mass is 9.60. The van der Waals surface area contributed by atoms with E-state index in [1.54, 1.807) is 12.1 Å². The van der Waals surface area contributed by atoms with E-state index in [2.05, 4.69) is 19.0 Å². The minimum atomic E-state index is -0.345. The van der Waals surface area contributed by atoms with Gasteiger partial charge in [-0.1, -0.05) is 6.07 Å². The zero-order valence-electron chi connectivity index (χ0n) is 12.8. The Labute approximate surface area is 125 Å². The van der Waals surface area contributed by atoms with Crippen LogP contribution < -0.4 is 0 Å². The minimum Gasteiger partial charge on any atom is -0.339 e. The molecule has 3 nitrogen and oxygen atoms in total. The molecule has 1 aliphatic heterocycles.